The Morgan fingerprint density at radius 2 is 2.08 bits per heavy atom. The van der Waals surface area contributed by atoms with Crippen LogP contribution in [0.4, 0.5) is 10.5 Å². The summed E-state index contributed by atoms with van der Waals surface area (Å²) in [6.45, 7) is 8.36. The molecule has 0 aromatic heterocycles. The van der Waals surface area contributed by atoms with Gasteiger partial charge in [-0.15, -0.1) is 0 Å². The van der Waals surface area contributed by atoms with Crippen LogP contribution < -0.4 is 5.32 Å². The molecule has 0 fully saturated rings. The zero-order chi connectivity index (χ0) is 17.5. The van der Waals surface area contributed by atoms with Gasteiger partial charge in [0.25, 0.3) is 0 Å². The molecule has 1 unspecified atom stereocenters. The molecule has 2 amide bonds. The molecule has 0 saturated heterocycles. The normalized spacial score (nSPS) is 20.3. The van der Waals surface area contributed by atoms with E-state index in [2.05, 4.69) is 18.3 Å². The van der Waals surface area contributed by atoms with E-state index in [-0.39, 0.29) is 12.0 Å². The lowest BCUT2D eigenvalue weighted by Crippen LogP contribution is -2.39. The van der Waals surface area contributed by atoms with E-state index in [4.69, 9.17) is 4.74 Å². The Hall–Kier alpha value is -2.30. The van der Waals surface area contributed by atoms with Crippen LogP contribution in [-0.2, 0) is 16.0 Å². The van der Waals surface area contributed by atoms with Gasteiger partial charge in [-0.1, -0.05) is 19.1 Å². The largest absolute Gasteiger partial charge is 0.443 e. The maximum atomic E-state index is 12.6. The first-order valence-corrected chi connectivity index (χ1v) is 8.37. The molecule has 0 bridgehead atoms. The van der Waals surface area contributed by atoms with Crippen LogP contribution >= 0.6 is 0 Å². The minimum Gasteiger partial charge on any atom is -0.443 e. The highest BCUT2D eigenvalue weighted by molar-refractivity contribution is 5.99. The summed E-state index contributed by atoms with van der Waals surface area (Å²) in [7, 11) is 0. The Bertz CT molecular complexity index is 716. The van der Waals surface area contributed by atoms with Gasteiger partial charge in [0.15, 0.2) is 0 Å². The fourth-order valence-electron chi connectivity index (χ4n) is 3.06. The molecule has 2 heterocycles. The standard InChI is InChI=1S/C19H24N2O3/c1-12-5-8-16(21(11-12)18(23)24-19(2,3)4)13-6-7-15-14(9-13)10-17(22)20-15/h6-9,12H,5,10-11H2,1-4H3,(H,20,22). The van der Waals surface area contributed by atoms with Gasteiger partial charge in [-0.05, 0) is 56.4 Å². The van der Waals surface area contributed by atoms with Crippen LogP contribution in [-0.4, -0.2) is 29.0 Å². The van der Waals surface area contributed by atoms with E-state index in [9.17, 15) is 9.59 Å². The molecule has 3 rings (SSSR count). The molecular weight excluding hydrogens is 304 g/mol. The number of allylic oxidation sites excluding steroid dienone is 1. The number of carbonyl (C=O) groups is 2. The van der Waals surface area contributed by atoms with Crippen LogP contribution in [0.3, 0.4) is 0 Å². The fourth-order valence-corrected chi connectivity index (χ4v) is 3.06. The summed E-state index contributed by atoms with van der Waals surface area (Å²) in [4.78, 5) is 25.9. The van der Waals surface area contributed by atoms with E-state index in [1.165, 1.54) is 0 Å². The molecule has 0 saturated carbocycles. The number of hydrogen-bond acceptors (Lipinski definition) is 3. The molecule has 1 N–H and O–H groups in total. The van der Waals surface area contributed by atoms with Crippen molar-refractivity contribution in [3.63, 3.8) is 0 Å². The van der Waals surface area contributed by atoms with E-state index in [0.717, 1.165) is 28.9 Å². The zero-order valence-corrected chi connectivity index (χ0v) is 14.7. The third kappa shape index (κ3) is 3.45. The number of benzene rings is 1. The second-order valence-corrected chi connectivity index (χ2v) is 7.62. The number of fused-ring (bicyclic) bond motifs is 1. The molecule has 24 heavy (non-hydrogen) atoms. The summed E-state index contributed by atoms with van der Waals surface area (Å²) in [5.74, 6) is 0.399. The second-order valence-electron chi connectivity index (χ2n) is 7.62. The Labute approximate surface area is 142 Å². The predicted octanol–water partition coefficient (Wildman–Crippen LogP) is 3.80. The van der Waals surface area contributed by atoms with E-state index in [0.29, 0.717) is 18.9 Å². The summed E-state index contributed by atoms with van der Waals surface area (Å²) < 4.78 is 5.57. The maximum absolute atomic E-state index is 12.6. The molecule has 1 atom stereocenters. The van der Waals surface area contributed by atoms with Crippen LogP contribution in [0.2, 0.25) is 0 Å². The van der Waals surface area contributed by atoms with Gasteiger partial charge >= 0.3 is 6.09 Å². The number of hydrogen-bond donors (Lipinski definition) is 1. The Morgan fingerprint density at radius 1 is 1.33 bits per heavy atom. The van der Waals surface area contributed by atoms with E-state index >= 15 is 0 Å². The molecule has 0 spiro atoms. The Morgan fingerprint density at radius 3 is 2.79 bits per heavy atom. The highest BCUT2D eigenvalue weighted by Crippen LogP contribution is 2.32. The van der Waals surface area contributed by atoms with Crippen LogP contribution in [0, 0.1) is 5.92 Å². The lowest BCUT2D eigenvalue weighted by atomic mass is 9.97. The molecule has 5 heteroatoms. The average Bonchev–Trinajstić information content (AvgIpc) is 2.84. The number of nitrogens with one attached hydrogen (secondary N) is 1. The predicted molar refractivity (Wildman–Crippen MR) is 93.5 cm³/mol. The zero-order valence-electron chi connectivity index (χ0n) is 14.7. The summed E-state index contributed by atoms with van der Waals surface area (Å²) >= 11 is 0. The third-order valence-corrected chi connectivity index (χ3v) is 4.14. The van der Waals surface area contributed by atoms with E-state index in [1.54, 1.807) is 4.90 Å². The molecule has 2 aliphatic rings. The maximum Gasteiger partial charge on any atom is 0.414 e. The highest BCUT2D eigenvalue weighted by Gasteiger charge is 2.30. The molecule has 0 aliphatic carbocycles. The summed E-state index contributed by atoms with van der Waals surface area (Å²) in [5, 5.41) is 2.84. The van der Waals surface area contributed by atoms with Crippen LogP contribution in [0.15, 0.2) is 24.3 Å². The summed E-state index contributed by atoms with van der Waals surface area (Å²) in [6, 6.07) is 5.84. The molecule has 128 valence electrons. The molecule has 1 aromatic rings. The molecule has 0 radical (unpaired) electrons. The SMILES string of the molecule is CC1CC=C(c2ccc3c(c2)CC(=O)N3)N(C(=O)OC(C)(C)C)C1. The Balaban J connectivity index is 1.91. The van der Waals surface area contributed by atoms with Crippen molar-refractivity contribution in [1.29, 1.82) is 0 Å². The quantitative estimate of drug-likeness (QED) is 0.853. The van der Waals surface area contributed by atoms with Gasteiger partial charge in [0.2, 0.25) is 5.91 Å². The minimum absolute atomic E-state index is 0.0115. The van der Waals surface area contributed by atoms with Crippen molar-refractivity contribution in [2.75, 3.05) is 11.9 Å². The lowest BCUT2D eigenvalue weighted by Gasteiger charge is -2.34. The third-order valence-electron chi connectivity index (χ3n) is 4.14. The Kier molecular flexibility index (Phi) is 4.11. The summed E-state index contributed by atoms with van der Waals surface area (Å²) in [6.07, 6.45) is 3.07. The van der Waals surface area contributed by atoms with Gasteiger partial charge in [0.05, 0.1) is 12.1 Å². The lowest BCUT2D eigenvalue weighted by molar-refractivity contribution is -0.115. The summed E-state index contributed by atoms with van der Waals surface area (Å²) in [5.41, 5.74) is 3.11. The number of amides is 2. The average molecular weight is 328 g/mol. The van der Waals surface area contributed by atoms with Gasteiger partial charge in [-0.25, -0.2) is 4.79 Å². The van der Waals surface area contributed by atoms with Gasteiger partial charge in [-0.3, -0.25) is 9.69 Å². The molecule has 5 nitrogen and oxygen atoms in total. The molecule has 1 aromatic carbocycles. The smallest absolute Gasteiger partial charge is 0.414 e. The van der Waals surface area contributed by atoms with Gasteiger partial charge in [-0.2, -0.15) is 0 Å². The van der Waals surface area contributed by atoms with Crippen molar-refractivity contribution in [2.24, 2.45) is 5.92 Å². The fraction of sp³-hybridized carbons (Fsp3) is 0.474. The molecule has 2 aliphatic heterocycles. The van der Waals surface area contributed by atoms with E-state index in [1.807, 2.05) is 39.0 Å². The number of nitrogens with zero attached hydrogens (tertiary/aromatic N) is 1. The van der Waals surface area contributed by atoms with Crippen molar-refractivity contribution in [1.82, 2.24) is 4.90 Å². The van der Waals surface area contributed by atoms with E-state index < -0.39 is 5.60 Å². The molecular formula is C19H24N2O3. The van der Waals surface area contributed by atoms with Crippen molar-refractivity contribution < 1.29 is 14.3 Å². The van der Waals surface area contributed by atoms with Crippen molar-refractivity contribution >= 4 is 23.4 Å². The van der Waals surface area contributed by atoms with Crippen molar-refractivity contribution in [3.8, 4) is 0 Å². The number of ether oxygens (including phenoxy) is 1. The van der Waals surface area contributed by atoms with Crippen LogP contribution in [0.1, 0.15) is 45.2 Å². The number of rotatable bonds is 1. The van der Waals surface area contributed by atoms with Crippen LogP contribution in [0.25, 0.3) is 5.70 Å². The second kappa shape index (κ2) is 5.96. The van der Waals surface area contributed by atoms with Crippen molar-refractivity contribution in [2.45, 2.75) is 46.1 Å². The minimum atomic E-state index is -0.531. The number of anilines is 1. The van der Waals surface area contributed by atoms with Gasteiger partial charge in [0.1, 0.15) is 5.60 Å². The topological polar surface area (TPSA) is 58.6 Å². The first kappa shape index (κ1) is 16.6. The number of carbonyl (C=O) groups excluding carboxylic acids is 2. The van der Waals surface area contributed by atoms with Crippen LogP contribution in [0.5, 0.6) is 0 Å². The van der Waals surface area contributed by atoms with Gasteiger partial charge < -0.3 is 10.1 Å². The first-order valence-electron chi connectivity index (χ1n) is 8.37. The monoisotopic (exact) mass is 328 g/mol. The van der Waals surface area contributed by atoms with Gasteiger partial charge in [0, 0.05) is 12.2 Å². The highest BCUT2D eigenvalue weighted by atomic mass is 16.6. The first-order chi connectivity index (χ1) is 11.2. The van der Waals surface area contributed by atoms with Crippen molar-refractivity contribution in [3.05, 3.63) is 35.4 Å².